The Bertz CT molecular complexity index is 806. The van der Waals surface area contributed by atoms with Crippen LogP contribution in [0.5, 0.6) is 5.75 Å². The average molecular weight is 383 g/mol. The van der Waals surface area contributed by atoms with Gasteiger partial charge in [-0.3, -0.25) is 4.79 Å². The van der Waals surface area contributed by atoms with Gasteiger partial charge in [0.15, 0.2) is 0 Å². The molecule has 0 radical (unpaired) electrons. The first-order valence-electron chi connectivity index (χ1n) is 7.55. The second-order valence-corrected chi connectivity index (χ2v) is 7.43. The molecule has 2 N–H and O–H groups in total. The molecule has 0 saturated heterocycles. The minimum absolute atomic E-state index is 0.0965. The highest BCUT2D eigenvalue weighted by Crippen LogP contribution is 2.13. The Labute approximate surface area is 152 Å². The van der Waals surface area contributed by atoms with Crippen LogP contribution in [0.3, 0.4) is 0 Å². The van der Waals surface area contributed by atoms with Crippen molar-refractivity contribution in [1.82, 2.24) is 10.0 Å². The molecule has 0 aliphatic carbocycles. The Morgan fingerprint density at radius 2 is 1.68 bits per heavy atom. The highest BCUT2D eigenvalue weighted by Gasteiger charge is 2.13. The van der Waals surface area contributed by atoms with Crippen molar-refractivity contribution in [2.24, 2.45) is 0 Å². The molecule has 0 aliphatic rings. The first-order valence-corrected chi connectivity index (χ1v) is 9.42. The molecule has 2 rings (SSSR count). The Morgan fingerprint density at radius 3 is 2.28 bits per heavy atom. The van der Waals surface area contributed by atoms with Gasteiger partial charge in [-0.1, -0.05) is 23.7 Å². The summed E-state index contributed by atoms with van der Waals surface area (Å²) in [7, 11) is -2.04. The molecule has 0 spiro atoms. The summed E-state index contributed by atoms with van der Waals surface area (Å²) in [6, 6.07) is 13.0. The molecule has 0 heterocycles. The molecule has 25 heavy (non-hydrogen) atoms. The van der Waals surface area contributed by atoms with Gasteiger partial charge < -0.3 is 10.1 Å². The van der Waals surface area contributed by atoms with Gasteiger partial charge in [0.25, 0.3) is 0 Å². The normalized spacial score (nSPS) is 11.1. The number of halogens is 1. The zero-order valence-electron chi connectivity index (χ0n) is 13.7. The third-order valence-corrected chi connectivity index (χ3v) is 5.12. The summed E-state index contributed by atoms with van der Waals surface area (Å²) >= 11 is 5.74. The molecule has 2 aromatic carbocycles. The van der Waals surface area contributed by atoms with Crippen LogP contribution in [-0.4, -0.2) is 34.5 Å². The van der Waals surface area contributed by atoms with E-state index < -0.39 is 10.0 Å². The number of ether oxygens (including phenoxy) is 1. The van der Waals surface area contributed by atoms with E-state index in [2.05, 4.69) is 10.0 Å². The van der Waals surface area contributed by atoms with Crippen LogP contribution >= 0.6 is 11.6 Å². The van der Waals surface area contributed by atoms with Crippen molar-refractivity contribution in [2.45, 2.75) is 11.3 Å². The molecule has 134 valence electrons. The molecule has 0 bridgehead atoms. The maximum Gasteiger partial charge on any atom is 0.240 e. The van der Waals surface area contributed by atoms with Crippen molar-refractivity contribution >= 4 is 27.5 Å². The van der Waals surface area contributed by atoms with Gasteiger partial charge in [-0.25, -0.2) is 13.1 Å². The van der Waals surface area contributed by atoms with Crippen molar-refractivity contribution in [3.05, 3.63) is 59.1 Å². The fraction of sp³-hybridized carbons (Fsp3) is 0.235. The van der Waals surface area contributed by atoms with Crippen LogP contribution in [0.1, 0.15) is 5.56 Å². The highest BCUT2D eigenvalue weighted by molar-refractivity contribution is 7.89. The lowest BCUT2D eigenvalue weighted by Crippen LogP contribution is -2.35. The van der Waals surface area contributed by atoms with Crippen molar-refractivity contribution < 1.29 is 17.9 Å². The van der Waals surface area contributed by atoms with Gasteiger partial charge in [0.1, 0.15) is 5.75 Å². The minimum atomic E-state index is -3.62. The molecule has 1 amide bonds. The number of amides is 1. The van der Waals surface area contributed by atoms with Crippen LogP contribution in [0.25, 0.3) is 0 Å². The Morgan fingerprint density at radius 1 is 1.04 bits per heavy atom. The number of benzene rings is 2. The third-order valence-electron chi connectivity index (χ3n) is 3.39. The van der Waals surface area contributed by atoms with E-state index in [1.165, 1.54) is 24.3 Å². The van der Waals surface area contributed by atoms with Crippen LogP contribution in [0.2, 0.25) is 5.02 Å². The highest BCUT2D eigenvalue weighted by atomic mass is 35.5. The van der Waals surface area contributed by atoms with Gasteiger partial charge in [-0.2, -0.15) is 0 Å². The van der Waals surface area contributed by atoms with E-state index in [0.29, 0.717) is 5.02 Å². The molecule has 0 aromatic heterocycles. The monoisotopic (exact) mass is 382 g/mol. The lowest BCUT2D eigenvalue weighted by molar-refractivity contribution is -0.120. The summed E-state index contributed by atoms with van der Waals surface area (Å²) in [5.74, 6) is 0.539. The Balaban J connectivity index is 1.76. The number of carbonyl (C=O) groups is 1. The first kappa shape index (κ1) is 19.2. The Kier molecular flexibility index (Phi) is 6.81. The smallest absolute Gasteiger partial charge is 0.240 e. The van der Waals surface area contributed by atoms with Crippen molar-refractivity contribution in [2.75, 3.05) is 20.2 Å². The number of nitrogens with one attached hydrogen (secondary N) is 2. The van der Waals surface area contributed by atoms with Gasteiger partial charge in [0, 0.05) is 18.1 Å². The summed E-state index contributed by atoms with van der Waals surface area (Å²) in [5.41, 5.74) is 0.847. The standard InChI is InChI=1S/C17H19ClN2O4S/c1-24-15-6-2-13(3-7-15)12-17(21)19-10-11-20-25(22,23)16-8-4-14(18)5-9-16/h2-9,20H,10-12H2,1H3,(H,19,21). The van der Waals surface area contributed by atoms with Gasteiger partial charge in [0.05, 0.1) is 18.4 Å². The van der Waals surface area contributed by atoms with E-state index in [1.54, 1.807) is 19.2 Å². The van der Waals surface area contributed by atoms with Crippen LogP contribution in [0.4, 0.5) is 0 Å². The number of hydrogen-bond acceptors (Lipinski definition) is 4. The van der Waals surface area contributed by atoms with Crippen molar-refractivity contribution in [1.29, 1.82) is 0 Å². The van der Waals surface area contributed by atoms with Crippen LogP contribution in [-0.2, 0) is 21.2 Å². The largest absolute Gasteiger partial charge is 0.497 e. The summed E-state index contributed by atoms with van der Waals surface area (Å²) in [5, 5.41) is 3.14. The van der Waals surface area contributed by atoms with Gasteiger partial charge in [0.2, 0.25) is 15.9 Å². The molecule has 0 atom stereocenters. The number of hydrogen-bond donors (Lipinski definition) is 2. The number of rotatable bonds is 8. The van der Waals surface area contributed by atoms with E-state index in [9.17, 15) is 13.2 Å². The zero-order valence-corrected chi connectivity index (χ0v) is 15.2. The number of methoxy groups -OCH3 is 1. The molecule has 0 unspecified atom stereocenters. The molecule has 2 aromatic rings. The van der Waals surface area contributed by atoms with Crippen molar-refractivity contribution in [3.63, 3.8) is 0 Å². The van der Waals surface area contributed by atoms with Crippen LogP contribution in [0.15, 0.2) is 53.4 Å². The lowest BCUT2D eigenvalue weighted by atomic mass is 10.1. The average Bonchev–Trinajstić information content (AvgIpc) is 2.60. The summed E-state index contributed by atoms with van der Waals surface area (Å²) in [6.07, 6.45) is 0.216. The van der Waals surface area contributed by atoms with Gasteiger partial charge >= 0.3 is 0 Å². The topological polar surface area (TPSA) is 84.5 Å². The van der Waals surface area contributed by atoms with E-state index in [0.717, 1.165) is 11.3 Å². The van der Waals surface area contributed by atoms with Gasteiger partial charge in [-0.05, 0) is 42.0 Å². The molecule has 8 heteroatoms. The second kappa shape index (κ2) is 8.84. The Hall–Kier alpha value is -2.09. The quantitative estimate of drug-likeness (QED) is 0.684. The minimum Gasteiger partial charge on any atom is -0.497 e. The second-order valence-electron chi connectivity index (χ2n) is 5.23. The predicted molar refractivity (Wildman–Crippen MR) is 96.3 cm³/mol. The maximum atomic E-state index is 12.1. The van der Waals surface area contributed by atoms with Crippen LogP contribution in [0, 0.1) is 0 Å². The van der Waals surface area contributed by atoms with E-state index >= 15 is 0 Å². The SMILES string of the molecule is COc1ccc(CC(=O)NCCNS(=O)(=O)c2ccc(Cl)cc2)cc1. The summed E-state index contributed by atoms with van der Waals surface area (Å²) < 4.78 is 31.6. The van der Waals surface area contributed by atoms with E-state index in [-0.39, 0.29) is 30.3 Å². The lowest BCUT2D eigenvalue weighted by Gasteiger charge is -2.08. The van der Waals surface area contributed by atoms with Crippen molar-refractivity contribution in [3.8, 4) is 5.75 Å². The summed E-state index contributed by atoms with van der Waals surface area (Å²) in [4.78, 5) is 12.0. The predicted octanol–water partition coefficient (Wildman–Crippen LogP) is 1.99. The van der Waals surface area contributed by atoms with E-state index in [4.69, 9.17) is 16.3 Å². The first-order chi connectivity index (χ1) is 11.9. The fourth-order valence-corrected chi connectivity index (χ4v) is 3.23. The van der Waals surface area contributed by atoms with Crippen LogP contribution < -0.4 is 14.8 Å². The molecule has 0 aliphatic heterocycles. The maximum absolute atomic E-state index is 12.1. The molecule has 6 nitrogen and oxygen atoms in total. The molecule has 0 saturated carbocycles. The number of sulfonamides is 1. The zero-order chi connectivity index (χ0) is 18.3. The number of carbonyl (C=O) groups excluding carboxylic acids is 1. The van der Waals surface area contributed by atoms with E-state index in [1.807, 2.05) is 12.1 Å². The van der Waals surface area contributed by atoms with Gasteiger partial charge in [-0.15, -0.1) is 0 Å². The molecular formula is C17H19ClN2O4S. The third kappa shape index (κ3) is 6.04. The fourth-order valence-electron chi connectivity index (χ4n) is 2.08. The molecule has 0 fully saturated rings. The molecular weight excluding hydrogens is 364 g/mol. The summed E-state index contributed by atoms with van der Waals surface area (Å²) in [6.45, 7) is 0.293.